The highest BCUT2D eigenvalue weighted by Gasteiger charge is 2.23. The van der Waals surface area contributed by atoms with Gasteiger partial charge in [-0.2, -0.15) is 0 Å². The average molecular weight is 226 g/mol. The molecule has 2 unspecified atom stereocenters. The zero-order valence-electron chi connectivity index (χ0n) is 9.54. The third kappa shape index (κ3) is 2.56. The maximum atomic E-state index is 5.50. The van der Waals surface area contributed by atoms with Gasteiger partial charge in [-0.25, -0.2) is 4.98 Å². The number of nitrogens with one attached hydrogen (secondary N) is 1. The Balaban J connectivity index is 1.87. The van der Waals surface area contributed by atoms with Gasteiger partial charge in [0, 0.05) is 24.1 Å². The Morgan fingerprint density at radius 1 is 1.53 bits per heavy atom. The lowest BCUT2D eigenvalue weighted by Gasteiger charge is -2.14. The first kappa shape index (κ1) is 11.0. The summed E-state index contributed by atoms with van der Waals surface area (Å²) >= 11 is 1.78. The van der Waals surface area contributed by atoms with Crippen molar-refractivity contribution in [3.8, 4) is 0 Å². The molecule has 0 amide bonds. The van der Waals surface area contributed by atoms with Gasteiger partial charge >= 0.3 is 0 Å². The van der Waals surface area contributed by atoms with Gasteiger partial charge in [0.25, 0.3) is 0 Å². The maximum Gasteiger partial charge on any atom is 0.107 e. The van der Waals surface area contributed by atoms with Crippen LogP contribution in [0.2, 0.25) is 0 Å². The van der Waals surface area contributed by atoms with Gasteiger partial charge < -0.3 is 10.1 Å². The van der Waals surface area contributed by atoms with Crippen molar-refractivity contribution in [2.24, 2.45) is 0 Å². The largest absolute Gasteiger partial charge is 0.377 e. The zero-order valence-corrected chi connectivity index (χ0v) is 10.4. The van der Waals surface area contributed by atoms with E-state index < -0.39 is 0 Å². The fourth-order valence-corrected chi connectivity index (χ4v) is 2.72. The highest BCUT2D eigenvalue weighted by molar-refractivity contribution is 7.11. The van der Waals surface area contributed by atoms with E-state index >= 15 is 0 Å². The van der Waals surface area contributed by atoms with Crippen LogP contribution < -0.4 is 5.32 Å². The second-order valence-electron chi connectivity index (χ2n) is 4.10. The summed E-state index contributed by atoms with van der Waals surface area (Å²) in [6.07, 6.45) is 1.46. The second kappa shape index (κ2) is 4.60. The topological polar surface area (TPSA) is 34.2 Å². The molecule has 4 heteroatoms. The van der Waals surface area contributed by atoms with E-state index in [9.17, 15) is 0 Å². The van der Waals surface area contributed by atoms with E-state index in [0.717, 1.165) is 25.3 Å². The van der Waals surface area contributed by atoms with Crippen LogP contribution in [0.15, 0.2) is 0 Å². The first-order chi connectivity index (χ1) is 7.16. The van der Waals surface area contributed by atoms with Crippen LogP contribution >= 0.6 is 11.3 Å². The molecule has 15 heavy (non-hydrogen) atoms. The summed E-state index contributed by atoms with van der Waals surface area (Å²) in [6, 6.07) is 0.495. The number of ether oxygens (including phenoxy) is 1. The summed E-state index contributed by atoms with van der Waals surface area (Å²) in [6.45, 7) is 8.07. The highest BCUT2D eigenvalue weighted by Crippen LogP contribution is 2.18. The molecule has 0 aromatic carbocycles. The molecule has 1 aliphatic heterocycles. The molecule has 0 radical (unpaired) electrons. The summed E-state index contributed by atoms with van der Waals surface area (Å²) in [7, 11) is 0. The summed E-state index contributed by atoms with van der Waals surface area (Å²) in [4.78, 5) is 5.83. The fourth-order valence-electron chi connectivity index (χ4n) is 1.83. The molecule has 84 valence electrons. The first-order valence-corrected chi connectivity index (χ1v) is 6.26. The van der Waals surface area contributed by atoms with E-state index in [0.29, 0.717) is 12.1 Å². The molecule has 2 atom stereocenters. The third-order valence-corrected chi connectivity index (χ3v) is 4.04. The van der Waals surface area contributed by atoms with Crippen LogP contribution in [0.5, 0.6) is 0 Å². The number of aryl methyl sites for hydroxylation is 2. The molecule has 2 rings (SSSR count). The summed E-state index contributed by atoms with van der Waals surface area (Å²) < 4.78 is 5.50. The Labute approximate surface area is 94.9 Å². The van der Waals surface area contributed by atoms with Gasteiger partial charge in [-0.05, 0) is 27.2 Å². The molecule has 1 fully saturated rings. The lowest BCUT2D eigenvalue weighted by Crippen LogP contribution is -2.34. The summed E-state index contributed by atoms with van der Waals surface area (Å²) in [5.74, 6) is 0. The van der Waals surface area contributed by atoms with Gasteiger partial charge in [0.1, 0.15) is 5.01 Å². The molecule has 0 aliphatic carbocycles. The number of hydrogen-bond donors (Lipinski definition) is 1. The smallest absolute Gasteiger partial charge is 0.107 e. The average Bonchev–Trinajstić information content (AvgIpc) is 2.72. The molecular weight excluding hydrogens is 208 g/mol. The van der Waals surface area contributed by atoms with Crippen molar-refractivity contribution in [3.63, 3.8) is 0 Å². The number of rotatable bonds is 3. The van der Waals surface area contributed by atoms with Gasteiger partial charge in [0.2, 0.25) is 0 Å². The second-order valence-corrected chi connectivity index (χ2v) is 5.39. The van der Waals surface area contributed by atoms with Crippen molar-refractivity contribution in [2.45, 2.75) is 45.9 Å². The van der Waals surface area contributed by atoms with Crippen molar-refractivity contribution in [2.75, 3.05) is 6.61 Å². The minimum atomic E-state index is 0.340. The molecule has 0 saturated carbocycles. The van der Waals surface area contributed by atoms with E-state index in [1.165, 1.54) is 9.88 Å². The van der Waals surface area contributed by atoms with Crippen molar-refractivity contribution >= 4 is 11.3 Å². The predicted molar refractivity (Wildman–Crippen MR) is 62.2 cm³/mol. The standard InChI is InChI=1S/C11H18N2OS/c1-7-9(3)15-11(13-7)6-12-10-4-5-14-8(10)2/h8,10,12H,4-6H2,1-3H3. The summed E-state index contributed by atoms with van der Waals surface area (Å²) in [5.41, 5.74) is 1.16. The van der Waals surface area contributed by atoms with E-state index in [2.05, 4.69) is 31.1 Å². The van der Waals surface area contributed by atoms with Gasteiger partial charge in [0.15, 0.2) is 0 Å². The SMILES string of the molecule is Cc1nc(CNC2CCOC2C)sc1C. The van der Waals surface area contributed by atoms with E-state index in [-0.39, 0.29) is 0 Å². The summed E-state index contributed by atoms with van der Waals surface area (Å²) in [5, 5.41) is 4.70. The Hall–Kier alpha value is -0.450. The first-order valence-electron chi connectivity index (χ1n) is 5.44. The minimum absolute atomic E-state index is 0.340. The quantitative estimate of drug-likeness (QED) is 0.856. The van der Waals surface area contributed by atoms with Crippen LogP contribution in [0, 0.1) is 13.8 Å². The molecule has 1 aromatic rings. The van der Waals surface area contributed by atoms with E-state index in [1.54, 1.807) is 11.3 Å². The Morgan fingerprint density at radius 3 is 2.87 bits per heavy atom. The minimum Gasteiger partial charge on any atom is -0.377 e. The number of thiazole rings is 1. The lowest BCUT2D eigenvalue weighted by atomic mass is 10.1. The van der Waals surface area contributed by atoms with Crippen LogP contribution in [0.4, 0.5) is 0 Å². The van der Waals surface area contributed by atoms with Gasteiger partial charge in [-0.15, -0.1) is 11.3 Å². The zero-order chi connectivity index (χ0) is 10.8. The predicted octanol–water partition coefficient (Wildman–Crippen LogP) is 2.03. The normalized spacial score (nSPS) is 26.1. The van der Waals surface area contributed by atoms with Gasteiger partial charge in [0.05, 0.1) is 11.8 Å². The third-order valence-electron chi connectivity index (χ3n) is 2.96. The molecule has 1 aliphatic rings. The molecule has 2 heterocycles. The monoisotopic (exact) mass is 226 g/mol. The van der Waals surface area contributed by atoms with Crippen LogP contribution in [-0.4, -0.2) is 23.7 Å². The number of hydrogen-bond acceptors (Lipinski definition) is 4. The molecular formula is C11H18N2OS. The van der Waals surface area contributed by atoms with E-state index in [1.807, 2.05) is 0 Å². The van der Waals surface area contributed by atoms with Crippen LogP contribution in [0.3, 0.4) is 0 Å². The molecule has 1 saturated heterocycles. The highest BCUT2D eigenvalue weighted by atomic mass is 32.1. The molecule has 1 aromatic heterocycles. The van der Waals surface area contributed by atoms with Crippen molar-refractivity contribution < 1.29 is 4.74 Å². The Bertz CT molecular complexity index is 318. The van der Waals surface area contributed by atoms with Crippen molar-refractivity contribution in [1.82, 2.24) is 10.3 Å². The van der Waals surface area contributed by atoms with Crippen LogP contribution in [-0.2, 0) is 11.3 Å². The number of aromatic nitrogens is 1. The molecule has 3 nitrogen and oxygen atoms in total. The maximum absolute atomic E-state index is 5.50. The molecule has 1 N–H and O–H groups in total. The van der Waals surface area contributed by atoms with Crippen LogP contribution in [0.1, 0.15) is 28.9 Å². The number of nitrogens with zero attached hydrogens (tertiary/aromatic N) is 1. The van der Waals surface area contributed by atoms with E-state index in [4.69, 9.17) is 4.74 Å². The Morgan fingerprint density at radius 2 is 2.33 bits per heavy atom. The Kier molecular flexibility index (Phi) is 3.38. The van der Waals surface area contributed by atoms with Crippen LogP contribution in [0.25, 0.3) is 0 Å². The van der Waals surface area contributed by atoms with Crippen molar-refractivity contribution in [3.05, 3.63) is 15.6 Å². The van der Waals surface area contributed by atoms with Gasteiger partial charge in [-0.3, -0.25) is 0 Å². The molecule has 0 bridgehead atoms. The molecule has 0 spiro atoms. The van der Waals surface area contributed by atoms with Crippen molar-refractivity contribution in [1.29, 1.82) is 0 Å². The fraction of sp³-hybridized carbons (Fsp3) is 0.727. The lowest BCUT2D eigenvalue weighted by molar-refractivity contribution is 0.113. The van der Waals surface area contributed by atoms with Gasteiger partial charge in [-0.1, -0.05) is 0 Å².